The van der Waals surface area contributed by atoms with Gasteiger partial charge in [-0.1, -0.05) is 25.1 Å². The normalized spacial score (nSPS) is 21.7. The van der Waals surface area contributed by atoms with Crippen LogP contribution in [0.25, 0.3) is 0 Å². The SMILES string of the molecule is CCN(Cc1cccc2c1NCC2)CC1CCCO1. The zero-order chi connectivity index (χ0) is 13.1. The lowest BCUT2D eigenvalue weighted by Gasteiger charge is -2.24. The van der Waals surface area contributed by atoms with Gasteiger partial charge in [-0.3, -0.25) is 4.90 Å². The molecular formula is C16H24N2O. The molecule has 2 aliphatic rings. The summed E-state index contributed by atoms with van der Waals surface area (Å²) >= 11 is 0. The summed E-state index contributed by atoms with van der Waals surface area (Å²) in [4.78, 5) is 2.51. The Balaban J connectivity index is 1.67. The summed E-state index contributed by atoms with van der Waals surface area (Å²) in [5, 5.41) is 3.53. The van der Waals surface area contributed by atoms with Crippen LogP contribution in [-0.4, -0.2) is 37.2 Å². The standard InChI is InChI=1S/C16H24N2O/c1-2-18(12-15-7-4-10-19-15)11-14-6-3-5-13-8-9-17-16(13)14/h3,5-6,15,17H,2,4,7-12H2,1H3. The highest BCUT2D eigenvalue weighted by Crippen LogP contribution is 2.27. The highest BCUT2D eigenvalue weighted by atomic mass is 16.5. The van der Waals surface area contributed by atoms with Gasteiger partial charge < -0.3 is 10.1 Å². The molecule has 1 N–H and O–H groups in total. The van der Waals surface area contributed by atoms with E-state index in [1.807, 2.05) is 0 Å². The molecule has 1 fully saturated rings. The average molecular weight is 260 g/mol. The smallest absolute Gasteiger partial charge is 0.0702 e. The van der Waals surface area contributed by atoms with Crippen LogP contribution >= 0.6 is 0 Å². The molecule has 0 aliphatic carbocycles. The van der Waals surface area contributed by atoms with Gasteiger partial charge in [0.2, 0.25) is 0 Å². The first-order valence-electron chi connectivity index (χ1n) is 7.55. The van der Waals surface area contributed by atoms with E-state index in [0.717, 1.165) is 32.8 Å². The second-order valence-electron chi connectivity index (χ2n) is 5.59. The van der Waals surface area contributed by atoms with E-state index < -0.39 is 0 Å². The summed E-state index contributed by atoms with van der Waals surface area (Å²) in [7, 11) is 0. The third kappa shape index (κ3) is 2.93. The van der Waals surface area contributed by atoms with E-state index in [9.17, 15) is 0 Å². The highest BCUT2D eigenvalue weighted by Gasteiger charge is 2.20. The van der Waals surface area contributed by atoms with E-state index in [4.69, 9.17) is 4.74 Å². The predicted molar refractivity (Wildman–Crippen MR) is 78.6 cm³/mol. The van der Waals surface area contributed by atoms with E-state index in [1.54, 1.807) is 0 Å². The van der Waals surface area contributed by atoms with Crippen molar-refractivity contribution in [3.63, 3.8) is 0 Å². The van der Waals surface area contributed by atoms with Crippen molar-refractivity contribution >= 4 is 5.69 Å². The van der Waals surface area contributed by atoms with Crippen LogP contribution in [0.4, 0.5) is 5.69 Å². The molecule has 2 heterocycles. The molecule has 0 saturated carbocycles. The summed E-state index contributed by atoms with van der Waals surface area (Å²) in [6.07, 6.45) is 4.07. The number of ether oxygens (including phenoxy) is 1. The van der Waals surface area contributed by atoms with Gasteiger partial charge in [0.25, 0.3) is 0 Å². The lowest BCUT2D eigenvalue weighted by molar-refractivity contribution is 0.0725. The Labute approximate surface area is 115 Å². The lowest BCUT2D eigenvalue weighted by Crippen LogP contribution is -2.31. The summed E-state index contributed by atoms with van der Waals surface area (Å²) in [6.45, 7) is 7.47. The molecule has 1 aromatic rings. The molecule has 0 spiro atoms. The van der Waals surface area contributed by atoms with E-state index in [0.29, 0.717) is 6.10 Å². The zero-order valence-corrected chi connectivity index (χ0v) is 11.8. The molecule has 2 aliphatic heterocycles. The van der Waals surface area contributed by atoms with Gasteiger partial charge in [0.1, 0.15) is 0 Å². The Kier molecular flexibility index (Phi) is 4.04. The molecule has 1 unspecified atom stereocenters. The lowest BCUT2D eigenvalue weighted by atomic mass is 10.1. The van der Waals surface area contributed by atoms with Gasteiger partial charge in [0, 0.05) is 31.9 Å². The van der Waals surface area contributed by atoms with Crippen LogP contribution in [-0.2, 0) is 17.7 Å². The Bertz CT molecular complexity index is 427. The number of hydrogen-bond donors (Lipinski definition) is 1. The van der Waals surface area contributed by atoms with Crippen LogP contribution in [0.3, 0.4) is 0 Å². The monoisotopic (exact) mass is 260 g/mol. The topological polar surface area (TPSA) is 24.5 Å². The van der Waals surface area contributed by atoms with Crippen molar-refractivity contribution in [2.75, 3.05) is 31.6 Å². The van der Waals surface area contributed by atoms with Gasteiger partial charge in [-0.05, 0) is 36.9 Å². The van der Waals surface area contributed by atoms with Crippen LogP contribution in [0.15, 0.2) is 18.2 Å². The molecule has 1 aromatic carbocycles. The van der Waals surface area contributed by atoms with Crippen LogP contribution < -0.4 is 5.32 Å². The van der Waals surface area contributed by atoms with Crippen molar-refractivity contribution in [1.29, 1.82) is 0 Å². The van der Waals surface area contributed by atoms with E-state index >= 15 is 0 Å². The molecule has 0 bridgehead atoms. The van der Waals surface area contributed by atoms with Crippen LogP contribution in [0, 0.1) is 0 Å². The number of nitrogens with zero attached hydrogens (tertiary/aromatic N) is 1. The molecule has 1 saturated heterocycles. The summed E-state index contributed by atoms with van der Waals surface area (Å²) in [5.74, 6) is 0. The Morgan fingerprint density at radius 3 is 3.16 bits per heavy atom. The molecule has 0 radical (unpaired) electrons. The van der Waals surface area contributed by atoms with Gasteiger partial charge in [0.05, 0.1) is 6.10 Å². The first-order valence-corrected chi connectivity index (χ1v) is 7.55. The van der Waals surface area contributed by atoms with Crippen molar-refractivity contribution in [3.8, 4) is 0 Å². The minimum Gasteiger partial charge on any atom is -0.384 e. The highest BCUT2D eigenvalue weighted by molar-refractivity contribution is 5.61. The number of anilines is 1. The number of hydrogen-bond acceptors (Lipinski definition) is 3. The van der Waals surface area contributed by atoms with Crippen molar-refractivity contribution < 1.29 is 4.74 Å². The number of likely N-dealkylation sites (N-methyl/N-ethyl adjacent to an activating group) is 1. The summed E-state index contributed by atoms with van der Waals surface area (Å²) in [5.41, 5.74) is 4.30. The maximum atomic E-state index is 5.76. The molecule has 3 heteroatoms. The molecule has 0 amide bonds. The number of benzene rings is 1. The second kappa shape index (κ2) is 5.93. The molecule has 0 aromatic heterocycles. The Hall–Kier alpha value is -1.06. The minimum absolute atomic E-state index is 0.449. The first-order chi connectivity index (χ1) is 9.36. The zero-order valence-electron chi connectivity index (χ0n) is 11.8. The fourth-order valence-corrected chi connectivity index (χ4v) is 3.17. The molecule has 1 atom stereocenters. The number of fused-ring (bicyclic) bond motifs is 1. The quantitative estimate of drug-likeness (QED) is 0.881. The predicted octanol–water partition coefficient (Wildman–Crippen LogP) is 2.66. The average Bonchev–Trinajstić information content (AvgIpc) is 3.08. The van der Waals surface area contributed by atoms with Crippen molar-refractivity contribution in [2.24, 2.45) is 0 Å². The number of rotatable bonds is 5. The largest absolute Gasteiger partial charge is 0.384 e. The van der Waals surface area contributed by atoms with Crippen LogP contribution in [0.1, 0.15) is 30.9 Å². The molecule has 104 valence electrons. The number of para-hydroxylation sites is 1. The third-order valence-electron chi connectivity index (χ3n) is 4.26. The van der Waals surface area contributed by atoms with Gasteiger partial charge >= 0.3 is 0 Å². The Morgan fingerprint density at radius 1 is 1.42 bits per heavy atom. The number of nitrogens with one attached hydrogen (secondary N) is 1. The maximum Gasteiger partial charge on any atom is 0.0702 e. The fraction of sp³-hybridized carbons (Fsp3) is 0.625. The Morgan fingerprint density at radius 2 is 2.37 bits per heavy atom. The van der Waals surface area contributed by atoms with Gasteiger partial charge in [-0.2, -0.15) is 0 Å². The molecular weight excluding hydrogens is 236 g/mol. The summed E-state index contributed by atoms with van der Waals surface area (Å²) in [6, 6.07) is 6.70. The van der Waals surface area contributed by atoms with E-state index in [-0.39, 0.29) is 0 Å². The fourth-order valence-electron chi connectivity index (χ4n) is 3.17. The van der Waals surface area contributed by atoms with Gasteiger partial charge in [-0.15, -0.1) is 0 Å². The maximum absolute atomic E-state index is 5.76. The van der Waals surface area contributed by atoms with E-state index in [2.05, 4.69) is 35.3 Å². The minimum atomic E-state index is 0.449. The molecule has 3 nitrogen and oxygen atoms in total. The van der Waals surface area contributed by atoms with Crippen LogP contribution in [0.5, 0.6) is 0 Å². The van der Waals surface area contributed by atoms with Crippen molar-refractivity contribution in [3.05, 3.63) is 29.3 Å². The second-order valence-corrected chi connectivity index (χ2v) is 5.59. The van der Waals surface area contributed by atoms with E-state index in [1.165, 1.54) is 36.1 Å². The molecule has 19 heavy (non-hydrogen) atoms. The van der Waals surface area contributed by atoms with Crippen LogP contribution in [0.2, 0.25) is 0 Å². The summed E-state index contributed by atoms with van der Waals surface area (Å²) < 4.78 is 5.76. The molecule has 3 rings (SSSR count). The van der Waals surface area contributed by atoms with Crippen molar-refractivity contribution in [1.82, 2.24) is 4.90 Å². The van der Waals surface area contributed by atoms with Gasteiger partial charge in [0.15, 0.2) is 0 Å². The first kappa shape index (κ1) is 12.9. The van der Waals surface area contributed by atoms with Gasteiger partial charge in [-0.25, -0.2) is 0 Å². The van der Waals surface area contributed by atoms with Crippen molar-refractivity contribution in [2.45, 2.75) is 38.8 Å². The third-order valence-corrected chi connectivity index (χ3v) is 4.26.